The third-order valence-electron chi connectivity index (χ3n) is 0.439. The van der Waals surface area contributed by atoms with Crippen LogP contribution in [0.1, 0.15) is 6.92 Å². The van der Waals surface area contributed by atoms with E-state index in [1.165, 1.54) is 0 Å². The monoisotopic (exact) mass is 522 g/mol. The Bertz CT molecular complexity index is 360. The van der Waals surface area contributed by atoms with Crippen molar-refractivity contribution in [2.75, 3.05) is 0 Å². The van der Waals surface area contributed by atoms with Crippen LogP contribution in [-0.4, -0.2) is 31.1 Å². The average molecular weight is 521 g/mol. The van der Waals surface area contributed by atoms with Crippen LogP contribution in [0.15, 0.2) is 0 Å². The molecular weight excluding hydrogens is 518 g/mol. The fourth-order valence-corrected chi connectivity index (χ4v) is 11.0. The van der Waals surface area contributed by atoms with Gasteiger partial charge in [-0.05, 0) is 6.92 Å². The van der Waals surface area contributed by atoms with Crippen LogP contribution < -0.4 is 56.5 Å². The first kappa shape index (κ1) is 19.5. The van der Waals surface area contributed by atoms with Crippen LogP contribution in [0.5, 0.6) is 0 Å². The molecule has 0 saturated carbocycles. The van der Waals surface area contributed by atoms with E-state index >= 15 is 0 Å². The number of hydrogen-bond acceptors (Lipinski definition) is 9. The van der Waals surface area contributed by atoms with Crippen molar-refractivity contribution in [2.45, 2.75) is 6.92 Å². The molecule has 13 heteroatoms. The van der Waals surface area contributed by atoms with E-state index < -0.39 is 58.3 Å². The maximum absolute atomic E-state index is 10.3. The first-order chi connectivity index (χ1) is 6.15. The van der Waals surface area contributed by atoms with E-state index in [4.69, 9.17) is 9.90 Å². The Kier molecular flexibility index (Phi) is 10.8. The number of carboxylic acids is 1. The van der Waals surface area contributed by atoms with Crippen LogP contribution in [0.25, 0.3) is 0 Å². The van der Waals surface area contributed by atoms with Crippen molar-refractivity contribution in [3.63, 3.8) is 0 Å². The zero-order valence-electron chi connectivity index (χ0n) is 7.49. The van der Waals surface area contributed by atoms with Crippen LogP contribution in [0.3, 0.4) is 0 Å². The van der Waals surface area contributed by atoms with Crippen molar-refractivity contribution in [2.24, 2.45) is 0 Å². The van der Waals surface area contributed by atoms with E-state index in [-0.39, 0.29) is 51.4 Å². The summed E-state index contributed by atoms with van der Waals surface area (Å²) in [7, 11) is 0. The minimum atomic E-state index is -4.99. The van der Waals surface area contributed by atoms with Crippen LogP contribution >= 0.6 is 0 Å². The van der Waals surface area contributed by atoms with Gasteiger partial charge in [0.1, 0.15) is 0 Å². The number of carboxylic acid groups (broad SMARTS) is 1. The van der Waals surface area contributed by atoms with Crippen molar-refractivity contribution < 1.29 is 110 Å². The molecule has 15 heavy (non-hydrogen) atoms. The maximum atomic E-state index is 10.3. The molecule has 0 aliphatic carbocycles. The summed E-state index contributed by atoms with van der Waals surface area (Å²) in [6.07, 6.45) is 0. The van der Waals surface area contributed by atoms with E-state index in [2.05, 4.69) is 6.32 Å². The van der Waals surface area contributed by atoms with Crippen LogP contribution in [0.4, 0.5) is 0 Å². The molecule has 1 saturated heterocycles. The summed E-state index contributed by atoms with van der Waals surface area (Å²) in [5.41, 5.74) is 0. The van der Waals surface area contributed by atoms with Crippen LogP contribution in [-0.2, 0) is 53.6 Å². The van der Waals surface area contributed by atoms with Crippen molar-refractivity contribution in [1.82, 2.24) is 0 Å². The molecule has 0 unspecified atom stereocenters. The summed E-state index contributed by atoms with van der Waals surface area (Å²) in [5, 5.41) is 8.89. The summed E-state index contributed by atoms with van der Waals surface area (Å²) in [5.74, 6) is -1.08. The van der Waals surface area contributed by atoms with Gasteiger partial charge in [0.15, 0.2) is 0 Å². The third kappa shape index (κ3) is 12.4. The molecule has 2 radical (unpaired) electrons. The Balaban J connectivity index is 0. The molecule has 0 atom stereocenters. The average Bonchev–Trinajstić information content (AvgIpc) is 1.78. The first-order valence-corrected chi connectivity index (χ1v) is 9.99. The normalized spacial score (nSPS) is 21.4. The van der Waals surface area contributed by atoms with Gasteiger partial charge in [0, 0.05) is 5.97 Å². The summed E-state index contributed by atoms with van der Waals surface area (Å²) in [4.78, 5) is 8.89. The zero-order valence-corrected chi connectivity index (χ0v) is 17.1. The molecule has 1 aliphatic heterocycles. The van der Waals surface area contributed by atoms with Crippen molar-refractivity contribution in [3.8, 4) is 0 Å². The number of carbonyl (C=O) groups is 1. The van der Waals surface area contributed by atoms with Gasteiger partial charge < -0.3 is 9.90 Å². The molecule has 0 N–H and O–H groups in total. The van der Waals surface area contributed by atoms with E-state index in [0.717, 1.165) is 6.92 Å². The van der Waals surface area contributed by atoms with Gasteiger partial charge in [0.2, 0.25) is 0 Å². The molecule has 1 rings (SSSR count). The molecule has 9 nitrogen and oxygen atoms in total. The topological polar surface area (TPSA) is 136 Å². The third-order valence-corrected chi connectivity index (χ3v) is 12.7. The molecule has 0 amide bonds. The molecule has 0 bridgehead atoms. The van der Waals surface area contributed by atoms with Gasteiger partial charge >= 0.3 is 125 Å². The van der Waals surface area contributed by atoms with Gasteiger partial charge in [0.05, 0.1) is 0 Å². The molecule has 0 spiro atoms. The van der Waals surface area contributed by atoms with Crippen molar-refractivity contribution in [3.05, 3.63) is 0 Å². The number of rotatable bonds is 0. The zero-order chi connectivity index (χ0) is 11.4. The fraction of sp³-hybridized carbons (Fsp3) is 0.500. The van der Waals surface area contributed by atoms with Gasteiger partial charge in [0.25, 0.3) is 0 Å². The Morgan fingerprint density at radius 2 is 1.40 bits per heavy atom. The summed E-state index contributed by atoms with van der Waals surface area (Å²) >= 11 is -12.4. The Morgan fingerprint density at radius 3 is 1.53 bits per heavy atom. The van der Waals surface area contributed by atoms with Gasteiger partial charge in [-0.2, -0.15) is 0 Å². The van der Waals surface area contributed by atoms with E-state index in [1.54, 1.807) is 0 Å². The van der Waals surface area contributed by atoms with Gasteiger partial charge in [-0.15, -0.1) is 0 Å². The van der Waals surface area contributed by atoms with Gasteiger partial charge in [-0.3, -0.25) is 0 Å². The minimum absolute atomic E-state index is 0. The Morgan fingerprint density at radius 1 is 1.13 bits per heavy atom. The molecule has 1 aliphatic rings. The summed E-state index contributed by atoms with van der Waals surface area (Å²) in [6, 6.07) is 0. The van der Waals surface area contributed by atoms with E-state index in [0.29, 0.717) is 0 Å². The van der Waals surface area contributed by atoms with Crippen LogP contribution in [0.2, 0.25) is 0 Å². The van der Waals surface area contributed by atoms with Crippen LogP contribution in [0, 0.1) is 0 Å². The second-order valence-electron chi connectivity index (χ2n) is 1.63. The molecule has 82 valence electrons. The predicted molar refractivity (Wildman–Crippen MR) is 22.4 cm³/mol. The Hall–Kier alpha value is 2.17. The number of carbonyl (C=O) groups excluding carboxylic acids is 1. The number of aliphatic carboxylic acids is 1. The second kappa shape index (κ2) is 8.31. The van der Waals surface area contributed by atoms with Gasteiger partial charge in [-0.1, -0.05) is 0 Å². The van der Waals surface area contributed by atoms with E-state index in [9.17, 15) is 15.2 Å². The van der Waals surface area contributed by atoms with Crippen molar-refractivity contribution in [1.29, 1.82) is 0 Å². The fourth-order valence-electron chi connectivity index (χ4n) is 0.227. The molecule has 0 aromatic rings. The van der Waals surface area contributed by atoms with Gasteiger partial charge in [-0.25, -0.2) is 0 Å². The van der Waals surface area contributed by atoms with E-state index in [1.807, 2.05) is 0 Å². The standard InChI is InChI=1S/C2H4O2.2Cr.K.7O.Pb/c1-2(3)4;;;;;;;;;;;/h1H3,(H,3,4);;;;;;;;;;;/q;;;+1;;;;;;;;/p-1. The second-order valence-corrected chi connectivity index (χ2v) is 11.8. The van der Waals surface area contributed by atoms with Crippen molar-refractivity contribution >= 4 is 31.1 Å². The molecular formula is C2H3Cr2KO9Pb. The molecule has 1 fully saturated rings. The first-order valence-electron chi connectivity index (χ1n) is 2.65. The predicted octanol–water partition coefficient (Wildman–Crippen LogP) is -5.31. The summed E-state index contributed by atoms with van der Waals surface area (Å²) < 4.78 is 52.8. The summed E-state index contributed by atoms with van der Waals surface area (Å²) in [6.45, 7) is 0.972. The Labute approximate surface area is 145 Å². The number of hydrogen-bond donors (Lipinski definition) is 0. The molecule has 0 aromatic carbocycles. The molecule has 1 heterocycles. The SMILES string of the molecule is CC(=O)[O-].[K+].[O]=[Cr]1(=[O])[O][Pb][O][Cr](=[O])(=[O])[O]1. The quantitative estimate of drug-likeness (QED) is 0.287. The molecule has 0 aromatic heterocycles.